The Balaban J connectivity index is 1.44. The molecule has 0 fully saturated rings. The van der Waals surface area contributed by atoms with Crippen LogP contribution in [0.15, 0.2) is 66.2 Å². The number of amides is 3. The molecule has 10 heteroatoms. The van der Waals surface area contributed by atoms with E-state index in [0.717, 1.165) is 0 Å². The zero-order valence-corrected chi connectivity index (χ0v) is 17.2. The van der Waals surface area contributed by atoms with E-state index in [0.29, 0.717) is 33.2 Å². The normalized spacial score (nSPS) is 10.5. The standard InChI is InChI=1S/C22H16FN5O3S/c23-15-6-4-12(5-7-15)20(30)26-16-3-1-2-13(8-16)21(31)28-22-27-18(11-32-22)14-9-17(19(24)29)25-10-14/h1-11,25H,(H2,24,29)(H,26,30)(H,27,28,31). The molecule has 4 aromatic rings. The summed E-state index contributed by atoms with van der Waals surface area (Å²) in [5.74, 6) is -1.84. The van der Waals surface area contributed by atoms with E-state index >= 15 is 0 Å². The minimum absolute atomic E-state index is 0.262. The highest BCUT2D eigenvalue weighted by Crippen LogP contribution is 2.26. The summed E-state index contributed by atoms with van der Waals surface area (Å²) < 4.78 is 13.0. The lowest BCUT2D eigenvalue weighted by Crippen LogP contribution is -2.14. The van der Waals surface area contributed by atoms with Crippen LogP contribution < -0.4 is 16.4 Å². The Labute approximate surface area is 185 Å². The zero-order chi connectivity index (χ0) is 22.7. The van der Waals surface area contributed by atoms with Crippen LogP contribution >= 0.6 is 11.3 Å². The number of rotatable bonds is 6. The Morgan fingerprint density at radius 3 is 2.44 bits per heavy atom. The van der Waals surface area contributed by atoms with Gasteiger partial charge in [0.2, 0.25) is 0 Å². The molecule has 2 aromatic heterocycles. The first-order chi connectivity index (χ1) is 15.4. The largest absolute Gasteiger partial charge is 0.364 e. The van der Waals surface area contributed by atoms with Gasteiger partial charge in [0.05, 0.1) is 5.69 Å². The molecule has 5 N–H and O–H groups in total. The van der Waals surface area contributed by atoms with E-state index in [9.17, 15) is 18.8 Å². The SMILES string of the molecule is NC(=O)c1cc(-c2csc(NC(=O)c3cccc(NC(=O)c4ccc(F)cc4)c3)n2)c[nH]1. The number of aromatic amines is 1. The maximum atomic E-state index is 13.0. The van der Waals surface area contributed by atoms with E-state index in [-0.39, 0.29) is 5.69 Å². The molecule has 0 bridgehead atoms. The summed E-state index contributed by atoms with van der Waals surface area (Å²) in [5, 5.41) is 7.49. The van der Waals surface area contributed by atoms with Crippen molar-refractivity contribution in [3.05, 3.63) is 88.8 Å². The molecule has 0 aliphatic rings. The summed E-state index contributed by atoms with van der Waals surface area (Å²) in [6.45, 7) is 0. The molecule has 0 saturated carbocycles. The van der Waals surface area contributed by atoms with Gasteiger partial charge in [-0.1, -0.05) is 6.07 Å². The number of primary amides is 1. The number of anilines is 2. The molecule has 0 unspecified atom stereocenters. The van der Waals surface area contributed by atoms with E-state index in [1.54, 1.807) is 35.8 Å². The number of nitrogens with one attached hydrogen (secondary N) is 3. The number of hydrogen-bond acceptors (Lipinski definition) is 5. The van der Waals surface area contributed by atoms with E-state index < -0.39 is 23.5 Å². The summed E-state index contributed by atoms with van der Waals surface area (Å²) in [7, 11) is 0. The number of halogens is 1. The Hall–Kier alpha value is -4.31. The lowest BCUT2D eigenvalue weighted by atomic mass is 10.1. The predicted molar refractivity (Wildman–Crippen MR) is 119 cm³/mol. The lowest BCUT2D eigenvalue weighted by molar-refractivity contribution is 0.0993. The van der Waals surface area contributed by atoms with Crippen LogP contribution in [0, 0.1) is 5.82 Å². The van der Waals surface area contributed by atoms with Gasteiger partial charge < -0.3 is 16.0 Å². The summed E-state index contributed by atoms with van der Waals surface area (Å²) in [4.78, 5) is 43.3. The summed E-state index contributed by atoms with van der Waals surface area (Å²) >= 11 is 1.22. The molecule has 0 spiro atoms. The third-order valence-electron chi connectivity index (χ3n) is 4.46. The van der Waals surface area contributed by atoms with Crippen LogP contribution in [-0.4, -0.2) is 27.7 Å². The van der Waals surface area contributed by atoms with Crippen LogP contribution in [0.25, 0.3) is 11.3 Å². The average Bonchev–Trinajstić information content (AvgIpc) is 3.44. The predicted octanol–water partition coefficient (Wildman–Crippen LogP) is 3.88. The van der Waals surface area contributed by atoms with E-state index in [2.05, 4.69) is 20.6 Å². The monoisotopic (exact) mass is 449 g/mol. The number of carbonyl (C=O) groups is 3. The van der Waals surface area contributed by atoms with Gasteiger partial charge in [-0.2, -0.15) is 0 Å². The van der Waals surface area contributed by atoms with Gasteiger partial charge in [-0.05, 0) is 48.5 Å². The fraction of sp³-hybridized carbons (Fsp3) is 0. The molecule has 4 rings (SSSR count). The topological polar surface area (TPSA) is 130 Å². The van der Waals surface area contributed by atoms with Crippen molar-refractivity contribution in [1.29, 1.82) is 0 Å². The molecule has 3 amide bonds. The smallest absolute Gasteiger partial charge is 0.265 e. The third kappa shape index (κ3) is 4.71. The fourth-order valence-corrected chi connectivity index (χ4v) is 3.57. The number of benzene rings is 2. The quantitative estimate of drug-likeness (QED) is 0.356. The van der Waals surface area contributed by atoms with Crippen LogP contribution in [0.3, 0.4) is 0 Å². The molecule has 160 valence electrons. The second kappa shape index (κ2) is 8.82. The van der Waals surface area contributed by atoms with Crippen molar-refractivity contribution in [3.63, 3.8) is 0 Å². The highest BCUT2D eigenvalue weighted by atomic mass is 32.1. The van der Waals surface area contributed by atoms with Gasteiger partial charge in [-0.3, -0.25) is 19.7 Å². The number of nitrogens with zero attached hydrogens (tertiary/aromatic N) is 1. The van der Waals surface area contributed by atoms with E-state index in [1.807, 2.05) is 0 Å². The second-order valence-electron chi connectivity index (χ2n) is 6.70. The molecular formula is C22H16FN5O3S. The number of carbonyl (C=O) groups excluding carboxylic acids is 3. The van der Waals surface area contributed by atoms with Crippen molar-refractivity contribution < 1.29 is 18.8 Å². The average molecular weight is 449 g/mol. The van der Waals surface area contributed by atoms with Crippen LogP contribution in [0.5, 0.6) is 0 Å². The minimum Gasteiger partial charge on any atom is -0.364 e. The van der Waals surface area contributed by atoms with Crippen LogP contribution in [0.1, 0.15) is 31.2 Å². The zero-order valence-electron chi connectivity index (χ0n) is 16.4. The highest BCUT2D eigenvalue weighted by molar-refractivity contribution is 7.14. The molecule has 32 heavy (non-hydrogen) atoms. The van der Waals surface area contributed by atoms with Crippen LogP contribution in [0.4, 0.5) is 15.2 Å². The minimum atomic E-state index is -0.577. The maximum absolute atomic E-state index is 13.0. The number of aromatic nitrogens is 2. The molecule has 2 aromatic carbocycles. The first-order valence-corrected chi connectivity index (χ1v) is 10.2. The van der Waals surface area contributed by atoms with Gasteiger partial charge >= 0.3 is 0 Å². The van der Waals surface area contributed by atoms with E-state index in [1.165, 1.54) is 41.7 Å². The fourth-order valence-electron chi connectivity index (χ4n) is 2.86. The molecule has 2 heterocycles. The Morgan fingerprint density at radius 1 is 0.969 bits per heavy atom. The maximum Gasteiger partial charge on any atom is 0.265 e. The van der Waals surface area contributed by atoms with Crippen molar-refractivity contribution in [1.82, 2.24) is 9.97 Å². The molecule has 0 atom stereocenters. The van der Waals surface area contributed by atoms with Crippen molar-refractivity contribution in [2.75, 3.05) is 10.6 Å². The van der Waals surface area contributed by atoms with Gasteiger partial charge in [-0.15, -0.1) is 11.3 Å². The number of thiazole rings is 1. The first kappa shape index (κ1) is 20.9. The molecule has 0 saturated heterocycles. The first-order valence-electron chi connectivity index (χ1n) is 9.31. The van der Waals surface area contributed by atoms with Crippen molar-refractivity contribution in [2.45, 2.75) is 0 Å². The van der Waals surface area contributed by atoms with Crippen molar-refractivity contribution >= 4 is 39.9 Å². The third-order valence-corrected chi connectivity index (χ3v) is 5.22. The van der Waals surface area contributed by atoms with Gasteiger partial charge in [0.1, 0.15) is 11.5 Å². The second-order valence-corrected chi connectivity index (χ2v) is 7.56. The van der Waals surface area contributed by atoms with Gasteiger partial charge in [-0.25, -0.2) is 9.37 Å². The van der Waals surface area contributed by atoms with Crippen molar-refractivity contribution in [2.24, 2.45) is 5.73 Å². The molecular weight excluding hydrogens is 433 g/mol. The number of hydrogen-bond donors (Lipinski definition) is 4. The molecule has 8 nitrogen and oxygen atoms in total. The Bertz CT molecular complexity index is 1310. The highest BCUT2D eigenvalue weighted by Gasteiger charge is 2.13. The van der Waals surface area contributed by atoms with Crippen LogP contribution in [-0.2, 0) is 0 Å². The number of H-pyrrole nitrogens is 1. The van der Waals surface area contributed by atoms with Gasteiger partial charge in [0, 0.05) is 34.0 Å². The van der Waals surface area contributed by atoms with Gasteiger partial charge in [0.25, 0.3) is 17.7 Å². The summed E-state index contributed by atoms with van der Waals surface area (Å²) in [5.41, 5.74) is 7.77. The summed E-state index contributed by atoms with van der Waals surface area (Å²) in [6, 6.07) is 13.1. The Morgan fingerprint density at radius 2 is 1.72 bits per heavy atom. The molecule has 0 aliphatic heterocycles. The van der Waals surface area contributed by atoms with Crippen LogP contribution in [0.2, 0.25) is 0 Å². The Kier molecular flexibility index (Phi) is 5.77. The lowest BCUT2D eigenvalue weighted by Gasteiger charge is -2.07. The molecule has 0 radical (unpaired) electrons. The van der Waals surface area contributed by atoms with E-state index in [4.69, 9.17) is 5.73 Å². The van der Waals surface area contributed by atoms with Gasteiger partial charge in [0.15, 0.2) is 5.13 Å². The summed E-state index contributed by atoms with van der Waals surface area (Å²) in [6.07, 6.45) is 1.61. The van der Waals surface area contributed by atoms with Crippen molar-refractivity contribution in [3.8, 4) is 11.3 Å². The molecule has 0 aliphatic carbocycles. The number of nitrogens with two attached hydrogens (primary N) is 1.